The van der Waals surface area contributed by atoms with Crippen LogP contribution in [0.3, 0.4) is 0 Å². The molecule has 0 saturated carbocycles. The number of hydrogen-bond donors (Lipinski definition) is 2. The molecule has 0 spiro atoms. The fourth-order valence-electron chi connectivity index (χ4n) is 1.53. The van der Waals surface area contributed by atoms with E-state index in [1.165, 1.54) is 0 Å². The second-order valence-electron chi connectivity index (χ2n) is 5.10. The van der Waals surface area contributed by atoms with Crippen LogP contribution in [0, 0.1) is 0 Å². The van der Waals surface area contributed by atoms with E-state index in [1.54, 1.807) is 6.33 Å². The van der Waals surface area contributed by atoms with Crippen molar-refractivity contribution < 1.29 is 4.74 Å². The van der Waals surface area contributed by atoms with Gasteiger partial charge < -0.3 is 15.0 Å². The van der Waals surface area contributed by atoms with Crippen LogP contribution in [0.5, 0.6) is 5.88 Å². The molecule has 104 valence electrons. The van der Waals surface area contributed by atoms with Crippen LogP contribution >= 0.6 is 0 Å². The van der Waals surface area contributed by atoms with E-state index in [0.29, 0.717) is 17.5 Å². The number of ether oxygens (including phenoxy) is 1. The van der Waals surface area contributed by atoms with E-state index in [4.69, 9.17) is 4.74 Å². The van der Waals surface area contributed by atoms with Crippen LogP contribution in [-0.4, -0.2) is 32.1 Å². The number of hydrogen-bond acceptors (Lipinski definition) is 5. The summed E-state index contributed by atoms with van der Waals surface area (Å²) in [5, 5.41) is 3.16. The monoisotopic (exact) mass is 263 g/mol. The summed E-state index contributed by atoms with van der Waals surface area (Å²) < 4.78 is 5.98. The Bertz CT molecular complexity index is 549. The molecule has 0 aromatic carbocycles. The molecule has 6 heteroatoms. The first kappa shape index (κ1) is 13.6. The SMILES string of the molecule is CCCNc1nc(OC(C)(C)CC)c2[nH]cnc2n1. The maximum atomic E-state index is 5.98. The first-order valence-electron chi connectivity index (χ1n) is 6.69. The summed E-state index contributed by atoms with van der Waals surface area (Å²) in [5.74, 6) is 1.11. The van der Waals surface area contributed by atoms with Gasteiger partial charge in [-0.3, -0.25) is 0 Å². The number of aromatic amines is 1. The lowest BCUT2D eigenvalue weighted by Crippen LogP contribution is -2.27. The average Bonchev–Trinajstić information content (AvgIpc) is 2.84. The zero-order chi connectivity index (χ0) is 13.9. The van der Waals surface area contributed by atoms with Crippen LogP contribution in [0.25, 0.3) is 11.2 Å². The summed E-state index contributed by atoms with van der Waals surface area (Å²) in [6.45, 7) is 9.08. The fourth-order valence-corrected chi connectivity index (χ4v) is 1.53. The molecule has 2 N–H and O–H groups in total. The molecule has 0 saturated heterocycles. The first-order chi connectivity index (χ1) is 9.05. The molecule has 0 atom stereocenters. The second kappa shape index (κ2) is 5.42. The summed E-state index contributed by atoms with van der Waals surface area (Å²) in [7, 11) is 0. The Balaban J connectivity index is 2.36. The zero-order valence-corrected chi connectivity index (χ0v) is 11.9. The maximum Gasteiger partial charge on any atom is 0.245 e. The van der Waals surface area contributed by atoms with Crippen LogP contribution in [0.4, 0.5) is 5.95 Å². The molecular weight excluding hydrogens is 242 g/mol. The van der Waals surface area contributed by atoms with Crippen molar-refractivity contribution in [1.82, 2.24) is 19.9 Å². The van der Waals surface area contributed by atoms with Gasteiger partial charge in [-0.2, -0.15) is 9.97 Å². The van der Waals surface area contributed by atoms with Crippen molar-refractivity contribution in [3.05, 3.63) is 6.33 Å². The number of fused-ring (bicyclic) bond motifs is 1. The Morgan fingerprint density at radius 1 is 1.32 bits per heavy atom. The third kappa shape index (κ3) is 3.13. The molecule has 19 heavy (non-hydrogen) atoms. The van der Waals surface area contributed by atoms with E-state index in [9.17, 15) is 0 Å². The molecule has 2 aromatic rings. The number of nitrogens with zero attached hydrogens (tertiary/aromatic N) is 3. The van der Waals surface area contributed by atoms with E-state index in [2.05, 4.69) is 39.1 Å². The molecule has 0 unspecified atom stereocenters. The zero-order valence-electron chi connectivity index (χ0n) is 11.9. The molecule has 2 heterocycles. The molecule has 0 aliphatic heterocycles. The number of nitrogens with one attached hydrogen (secondary N) is 2. The number of imidazole rings is 1. The maximum absolute atomic E-state index is 5.98. The van der Waals surface area contributed by atoms with E-state index in [-0.39, 0.29) is 5.60 Å². The van der Waals surface area contributed by atoms with E-state index in [0.717, 1.165) is 24.9 Å². The van der Waals surface area contributed by atoms with Crippen molar-refractivity contribution in [2.45, 2.75) is 46.1 Å². The van der Waals surface area contributed by atoms with Gasteiger partial charge in [0.1, 0.15) is 11.1 Å². The minimum absolute atomic E-state index is 0.269. The summed E-state index contributed by atoms with van der Waals surface area (Å²) >= 11 is 0. The van der Waals surface area contributed by atoms with Gasteiger partial charge in [0.05, 0.1) is 6.33 Å². The van der Waals surface area contributed by atoms with Crippen LogP contribution in [-0.2, 0) is 0 Å². The lowest BCUT2D eigenvalue weighted by atomic mass is 10.1. The number of rotatable bonds is 6. The molecule has 0 aliphatic carbocycles. The lowest BCUT2D eigenvalue weighted by molar-refractivity contribution is 0.101. The largest absolute Gasteiger partial charge is 0.470 e. The van der Waals surface area contributed by atoms with E-state index < -0.39 is 0 Å². The average molecular weight is 263 g/mol. The van der Waals surface area contributed by atoms with Gasteiger partial charge in [-0.15, -0.1) is 0 Å². The van der Waals surface area contributed by atoms with Gasteiger partial charge >= 0.3 is 0 Å². The van der Waals surface area contributed by atoms with Gasteiger partial charge in [-0.25, -0.2) is 4.98 Å². The standard InChI is InChI=1S/C13H21N5O/c1-5-7-14-12-17-10-9(15-8-16-10)11(18-12)19-13(3,4)6-2/h8H,5-7H2,1-4H3,(H2,14,15,16,17,18). The highest BCUT2D eigenvalue weighted by atomic mass is 16.5. The predicted molar refractivity (Wildman–Crippen MR) is 75.5 cm³/mol. The van der Waals surface area contributed by atoms with Crippen molar-refractivity contribution in [3.63, 3.8) is 0 Å². The minimum atomic E-state index is -0.269. The Hall–Kier alpha value is -1.85. The van der Waals surface area contributed by atoms with Gasteiger partial charge in [0.15, 0.2) is 5.65 Å². The third-order valence-corrected chi connectivity index (χ3v) is 3.01. The van der Waals surface area contributed by atoms with Crippen molar-refractivity contribution in [2.24, 2.45) is 0 Å². The first-order valence-corrected chi connectivity index (χ1v) is 6.69. The third-order valence-electron chi connectivity index (χ3n) is 3.01. The normalized spacial score (nSPS) is 11.8. The second-order valence-corrected chi connectivity index (χ2v) is 5.10. The number of aromatic nitrogens is 4. The van der Waals surface area contributed by atoms with Gasteiger partial charge in [-0.05, 0) is 26.7 Å². The molecule has 2 aromatic heterocycles. The topological polar surface area (TPSA) is 75.7 Å². The van der Waals surface area contributed by atoms with Crippen LogP contribution < -0.4 is 10.1 Å². The molecule has 0 fully saturated rings. The Labute approximate surface area is 113 Å². The van der Waals surface area contributed by atoms with E-state index in [1.807, 2.05) is 13.8 Å². The highest BCUT2D eigenvalue weighted by molar-refractivity contribution is 5.76. The highest BCUT2D eigenvalue weighted by Crippen LogP contribution is 2.26. The number of H-pyrrole nitrogens is 1. The van der Waals surface area contributed by atoms with Crippen molar-refractivity contribution in [2.75, 3.05) is 11.9 Å². The van der Waals surface area contributed by atoms with Crippen molar-refractivity contribution in [3.8, 4) is 5.88 Å². The number of anilines is 1. The van der Waals surface area contributed by atoms with Gasteiger partial charge in [-0.1, -0.05) is 13.8 Å². The molecule has 0 aliphatic rings. The minimum Gasteiger partial charge on any atom is -0.470 e. The van der Waals surface area contributed by atoms with Crippen molar-refractivity contribution >= 4 is 17.1 Å². The summed E-state index contributed by atoms with van der Waals surface area (Å²) in [6.07, 6.45) is 3.51. The molecule has 2 rings (SSSR count). The summed E-state index contributed by atoms with van der Waals surface area (Å²) in [4.78, 5) is 16.0. The predicted octanol–water partition coefficient (Wildman–Crippen LogP) is 2.74. The Morgan fingerprint density at radius 3 is 2.79 bits per heavy atom. The molecule has 0 radical (unpaired) electrons. The summed E-state index contributed by atoms with van der Waals surface area (Å²) in [5.41, 5.74) is 1.09. The van der Waals surface area contributed by atoms with Gasteiger partial charge in [0.25, 0.3) is 0 Å². The molecule has 6 nitrogen and oxygen atoms in total. The van der Waals surface area contributed by atoms with E-state index >= 15 is 0 Å². The van der Waals surface area contributed by atoms with Crippen LogP contribution in [0.15, 0.2) is 6.33 Å². The summed E-state index contributed by atoms with van der Waals surface area (Å²) in [6, 6.07) is 0. The highest BCUT2D eigenvalue weighted by Gasteiger charge is 2.21. The molecule has 0 bridgehead atoms. The van der Waals surface area contributed by atoms with Crippen LogP contribution in [0.1, 0.15) is 40.5 Å². The Morgan fingerprint density at radius 2 is 2.11 bits per heavy atom. The van der Waals surface area contributed by atoms with Crippen molar-refractivity contribution in [1.29, 1.82) is 0 Å². The smallest absolute Gasteiger partial charge is 0.245 e. The quantitative estimate of drug-likeness (QED) is 0.838. The Kier molecular flexibility index (Phi) is 3.87. The lowest BCUT2D eigenvalue weighted by Gasteiger charge is -2.24. The van der Waals surface area contributed by atoms with Crippen LogP contribution in [0.2, 0.25) is 0 Å². The molecular formula is C13H21N5O. The van der Waals surface area contributed by atoms with Gasteiger partial charge in [0.2, 0.25) is 11.8 Å². The van der Waals surface area contributed by atoms with Gasteiger partial charge in [0, 0.05) is 6.54 Å². The molecule has 0 amide bonds. The fraction of sp³-hybridized carbons (Fsp3) is 0.615.